The largest absolute Gasteiger partial charge is 0.392 e. The number of benzene rings is 1. The van der Waals surface area contributed by atoms with Crippen molar-refractivity contribution in [2.75, 3.05) is 0 Å². The van der Waals surface area contributed by atoms with Crippen LogP contribution in [0, 0.1) is 17.7 Å². The lowest BCUT2D eigenvalue weighted by molar-refractivity contribution is 0.146. The van der Waals surface area contributed by atoms with Crippen molar-refractivity contribution >= 4 is 11.6 Å². The third-order valence-corrected chi connectivity index (χ3v) is 3.47. The summed E-state index contributed by atoms with van der Waals surface area (Å²) in [5.41, 5.74) is 0.697. The number of rotatable bonds is 3. The van der Waals surface area contributed by atoms with E-state index in [1.165, 1.54) is 18.2 Å². The fourth-order valence-corrected chi connectivity index (χ4v) is 2.16. The molecule has 1 aromatic carbocycles. The number of hydrogen-bond acceptors (Lipinski definition) is 1. The Kier molecular flexibility index (Phi) is 2.98. The van der Waals surface area contributed by atoms with E-state index in [-0.39, 0.29) is 11.9 Å². The molecule has 1 N–H and O–H groups in total. The van der Waals surface area contributed by atoms with Crippen LogP contribution in [0.5, 0.6) is 0 Å². The summed E-state index contributed by atoms with van der Waals surface area (Å²) >= 11 is 5.92. The van der Waals surface area contributed by atoms with Crippen molar-refractivity contribution in [1.82, 2.24) is 0 Å². The molecule has 0 aromatic heterocycles. The summed E-state index contributed by atoms with van der Waals surface area (Å²) in [6.45, 7) is 2.11. The summed E-state index contributed by atoms with van der Waals surface area (Å²) in [6.07, 6.45) is 1.12. The SMILES string of the molecule is CC1CC1C(O)Cc1cc(F)ccc1Cl. The van der Waals surface area contributed by atoms with E-state index in [0.717, 1.165) is 6.42 Å². The average Bonchev–Trinajstić information content (AvgIpc) is 2.89. The Hall–Kier alpha value is -0.600. The Labute approximate surface area is 93.9 Å². The van der Waals surface area contributed by atoms with E-state index in [1.54, 1.807) is 0 Å². The van der Waals surface area contributed by atoms with Crippen LogP contribution in [-0.4, -0.2) is 11.2 Å². The van der Waals surface area contributed by atoms with E-state index in [1.807, 2.05) is 0 Å². The maximum atomic E-state index is 13.0. The molecule has 1 nitrogen and oxygen atoms in total. The van der Waals surface area contributed by atoms with E-state index < -0.39 is 0 Å². The van der Waals surface area contributed by atoms with Crippen LogP contribution in [0.1, 0.15) is 18.9 Å². The minimum absolute atomic E-state index is 0.301. The van der Waals surface area contributed by atoms with Crippen LogP contribution >= 0.6 is 11.6 Å². The molecule has 3 unspecified atom stereocenters. The number of aliphatic hydroxyl groups excluding tert-OH is 1. The van der Waals surface area contributed by atoms with Gasteiger partial charge in [0.05, 0.1) is 6.10 Å². The molecule has 2 rings (SSSR count). The number of hydrogen-bond donors (Lipinski definition) is 1. The van der Waals surface area contributed by atoms with E-state index in [4.69, 9.17) is 11.6 Å². The van der Waals surface area contributed by atoms with Crippen LogP contribution in [0.3, 0.4) is 0 Å². The molecule has 1 saturated carbocycles. The van der Waals surface area contributed by atoms with Gasteiger partial charge in [-0.25, -0.2) is 4.39 Å². The summed E-state index contributed by atoms with van der Waals surface area (Å²) in [7, 11) is 0. The summed E-state index contributed by atoms with van der Waals surface area (Å²) < 4.78 is 13.0. The second-order valence-corrected chi connectivity index (χ2v) is 4.79. The molecule has 1 fully saturated rings. The molecule has 0 amide bonds. The van der Waals surface area contributed by atoms with Crippen molar-refractivity contribution in [3.05, 3.63) is 34.6 Å². The van der Waals surface area contributed by atoms with Crippen molar-refractivity contribution in [2.45, 2.75) is 25.9 Å². The smallest absolute Gasteiger partial charge is 0.123 e. The van der Waals surface area contributed by atoms with Crippen molar-refractivity contribution < 1.29 is 9.50 Å². The fourth-order valence-electron chi connectivity index (χ4n) is 1.96. The molecule has 0 aliphatic heterocycles. The average molecular weight is 229 g/mol. The van der Waals surface area contributed by atoms with Crippen LogP contribution in [0.4, 0.5) is 4.39 Å². The first-order chi connectivity index (χ1) is 7.08. The topological polar surface area (TPSA) is 20.2 Å². The third-order valence-electron chi connectivity index (χ3n) is 3.10. The maximum absolute atomic E-state index is 13.0. The van der Waals surface area contributed by atoms with Gasteiger partial charge in [-0.1, -0.05) is 18.5 Å². The van der Waals surface area contributed by atoms with Gasteiger partial charge in [0.15, 0.2) is 0 Å². The molecule has 1 aliphatic rings. The highest BCUT2D eigenvalue weighted by Gasteiger charge is 2.38. The zero-order valence-electron chi connectivity index (χ0n) is 8.58. The fraction of sp³-hybridized carbons (Fsp3) is 0.500. The minimum Gasteiger partial charge on any atom is -0.392 e. The maximum Gasteiger partial charge on any atom is 0.123 e. The van der Waals surface area contributed by atoms with Gasteiger partial charge in [0.2, 0.25) is 0 Å². The molecule has 15 heavy (non-hydrogen) atoms. The normalized spacial score (nSPS) is 26.4. The molecule has 0 bridgehead atoms. The molecule has 1 aliphatic carbocycles. The lowest BCUT2D eigenvalue weighted by Crippen LogP contribution is -2.14. The third kappa shape index (κ3) is 2.50. The van der Waals surface area contributed by atoms with E-state index in [2.05, 4.69) is 6.92 Å². The molecule has 0 spiro atoms. The van der Waals surface area contributed by atoms with Crippen LogP contribution in [0.15, 0.2) is 18.2 Å². The van der Waals surface area contributed by atoms with E-state index in [9.17, 15) is 9.50 Å². The van der Waals surface area contributed by atoms with E-state index >= 15 is 0 Å². The molecule has 3 atom stereocenters. The Morgan fingerprint density at radius 1 is 1.60 bits per heavy atom. The van der Waals surface area contributed by atoms with Crippen LogP contribution in [-0.2, 0) is 6.42 Å². The van der Waals surface area contributed by atoms with Crippen LogP contribution in [0.2, 0.25) is 5.02 Å². The molecule has 0 heterocycles. The lowest BCUT2D eigenvalue weighted by atomic mass is 10.0. The van der Waals surface area contributed by atoms with Gasteiger partial charge in [-0.3, -0.25) is 0 Å². The minimum atomic E-state index is -0.390. The Balaban J connectivity index is 2.06. The van der Waals surface area contributed by atoms with Crippen LogP contribution < -0.4 is 0 Å². The highest BCUT2D eigenvalue weighted by molar-refractivity contribution is 6.31. The molecular formula is C12H14ClFO. The van der Waals surface area contributed by atoms with Gasteiger partial charge in [0, 0.05) is 11.4 Å². The highest BCUT2D eigenvalue weighted by Crippen LogP contribution is 2.41. The Morgan fingerprint density at radius 2 is 2.27 bits per heavy atom. The zero-order chi connectivity index (χ0) is 11.0. The summed E-state index contributed by atoms with van der Waals surface area (Å²) in [5.74, 6) is 0.655. The first-order valence-electron chi connectivity index (χ1n) is 5.20. The Bertz CT molecular complexity index is 367. The highest BCUT2D eigenvalue weighted by atomic mass is 35.5. The second-order valence-electron chi connectivity index (χ2n) is 4.38. The standard InChI is InChI=1S/C12H14ClFO/c1-7-4-10(7)12(15)6-8-5-9(14)2-3-11(8)13/h2-3,5,7,10,12,15H,4,6H2,1H3. The summed E-state index contributed by atoms with van der Waals surface area (Å²) in [4.78, 5) is 0. The van der Waals surface area contributed by atoms with Crippen molar-refractivity contribution in [3.8, 4) is 0 Å². The lowest BCUT2D eigenvalue weighted by Gasteiger charge is -2.11. The second kappa shape index (κ2) is 4.11. The van der Waals surface area contributed by atoms with Crippen molar-refractivity contribution in [1.29, 1.82) is 0 Å². The first-order valence-corrected chi connectivity index (χ1v) is 5.57. The first kappa shape index (κ1) is 10.9. The number of aliphatic hydroxyl groups is 1. The molecule has 0 radical (unpaired) electrons. The van der Waals surface area contributed by atoms with Gasteiger partial charge >= 0.3 is 0 Å². The van der Waals surface area contributed by atoms with Crippen molar-refractivity contribution in [2.24, 2.45) is 11.8 Å². The summed E-state index contributed by atoms with van der Waals surface area (Å²) in [5, 5.41) is 10.4. The van der Waals surface area contributed by atoms with Crippen LogP contribution in [0.25, 0.3) is 0 Å². The van der Waals surface area contributed by atoms with Gasteiger partial charge in [-0.15, -0.1) is 0 Å². The molecule has 3 heteroatoms. The predicted octanol–water partition coefficient (Wildman–Crippen LogP) is 3.04. The Morgan fingerprint density at radius 3 is 2.87 bits per heavy atom. The van der Waals surface area contributed by atoms with Gasteiger partial charge in [0.25, 0.3) is 0 Å². The number of halogens is 2. The zero-order valence-corrected chi connectivity index (χ0v) is 9.34. The molecule has 1 aromatic rings. The van der Waals surface area contributed by atoms with E-state index in [0.29, 0.717) is 28.8 Å². The van der Waals surface area contributed by atoms with Gasteiger partial charge < -0.3 is 5.11 Å². The van der Waals surface area contributed by atoms with Gasteiger partial charge in [-0.2, -0.15) is 0 Å². The summed E-state index contributed by atoms with van der Waals surface area (Å²) in [6, 6.07) is 4.27. The predicted molar refractivity (Wildman–Crippen MR) is 58.4 cm³/mol. The van der Waals surface area contributed by atoms with Gasteiger partial charge in [0.1, 0.15) is 5.82 Å². The monoisotopic (exact) mass is 228 g/mol. The van der Waals surface area contributed by atoms with Gasteiger partial charge in [-0.05, 0) is 42.0 Å². The molecule has 0 saturated heterocycles. The van der Waals surface area contributed by atoms with Crippen molar-refractivity contribution in [3.63, 3.8) is 0 Å². The molecular weight excluding hydrogens is 215 g/mol. The molecule has 82 valence electrons. The quantitative estimate of drug-likeness (QED) is 0.843.